The highest BCUT2D eigenvalue weighted by Gasteiger charge is 2.33. The van der Waals surface area contributed by atoms with Gasteiger partial charge in [-0.05, 0) is 51.1 Å². The second-order valence-electron chi connectivity index (χ2n) is 5.33. The van der Waals surface area contributed by atoms with Gasteiger partial charge in [0.2, 0.25) is 5.91 Å². The molecule has 2 aliphatic heterocycles. The van der Waals surface area contributed by atoms with Crippen LogP contribution in [0.5, 0.6) is 0 Å². The molecule has 2 aliphatic rings. The number of hydrogen-bond donors (Lipinski definition) is 2. The van der Waals surface area contributed by atoms with Crippen LogP contribution in [0.15, 0.2) is 0 Å². The first-order valence-corrected chi connectivity index (χ1v) is 6.91. The molecule has 0 radical (unpaired) electrons. The molecule has 0 aromatic rings. The van der Waals surface area contributed by atoms with E-state index >= 15 is 0 Å². The minimum absolute atomic E-state index is 0.0190. The Bertz CT molecular complexity index is 313. The van der Waals surface area contributed by atoms with Gasteiger partial charge in [0.15, 0.2) is 0 Å². The number of hydrogen-bond acceptors (Lipinski definition) is 3. The molecule has 5 nitrogen and oxygen atoms in total. The lowest BCUT2D eigenvalue weighted by Crippen LogP contribution is -2.40. The van der Waals surface area contributed by atoms with E-state index in [1.54, 1.807) is 4.90 Å². The number of aliphatic carboxylic acids is 1. The highest BCUT2D eigenvalue weighted by Crippen LogP contribution is 2.21. The van der Waals surface area contributed by atoms with E-state index in [-0.39, 0.29) is 5.91 Å². The largest absolute Gasteiger partial charge is 0.480 e. The van der Waals surface area contributed by atoms with Gasteiger partial charge in [0, 0.05) is 13.0 Å². The first-order chi connectivity index (χ1) is 8.68. The Labute approximate surface area is 108 Å². The van der Waals surface area contributed by atoms with E-state index in [0.717, 1.165) is 25.9 Å². The zero-order valence-corrected chi connectivity index (χ0v) is 10.7. The SMILES string of the molecule is O=C(O)[C@@H]1CCCN1C(=O)CCC1CCCNC1. The lowest BCUT2D eigenvalue weighted by atomic mass is 9.94. The van der Waals surface area contributed by atoms with E-state index in [2.05, 4.69) is 5.32 Å². The van der Waals surface area contributed by atoms with Gasteiger partial charge in [0.25, 0.3) is 0 Å². The normalized spacial score (nSPS) is 28.3. The molecular formula is C13H22N2O3. The first-order valence-electron chi connectivity index (χ1n) is 6.91. The van der Waals surface area contributed by atoms with Crippen LogP contribution in [0.2, 0.25) is 0 Å². The van der Waals surface area contributed by atoms with Crippen molar-refractivity contribution in [1.82, 2.24) is 10.2 Å². The summed E-state index contributed by atoms with van der Waals surface area (Å²) in [5, 5.41) is 12.4. The number of amides is 1. The Morgan fingerprint density at radius 1 is 1.28 bits per heavy atom. The zero-order valence-electron chi connectivity index (χ0n) is 10.7. The number of piperidine rings is 1. The lowest BCUT2D eigenvalue weighted by molar-refractivity contribution is -0.148. The number of nitrogens with zero attached hydrogens (tertiary/aromatic N) is 1. The monoisotopic (exact) mass is 254 g/mol. The molecule has 2 saturated heterocycles. The highest BCUT2D eigenvalue weighted by molar-refractivity contribution is 5.84. The number of carboxylic acids is 1. The molecule has 102 valence electrons. The molecule has 1 unspecified atom stereocenters. The maximum Gasteiger partial charge on any atom is 0.326 e. The smallest absolute Gasteiger partial charge is 0.326 e. The molecule has 2 atom stereocenters. The predicted octanol–water partition coefficient (Wildman–Crippen LogP) is 0.842. The fourth-order valence-electron chi connectivity index (χ4n) is 2.96. The molecule has 1 amide bonds. The highest BCUT2D eigenvalue weighted by atomic mass is 16.4. The third-order valence-corrected chi connectivity index (χ3v) is 4.02. The number of likely N-dealkylation sites (tertiary alicyclic amines) is 1. The summed E-state index contributed by atoms with van der Waals surface area (Å²) in [4.78, 5) is 24.6. The molecule has 2 heterocycles. The Hall–Kier alpha value is -1.10. The van der Waals surface area contributed by atoms with Crippen molar-refractivity contribution in [3.8, 4) is 0 Å². The molecule has 2 rings (SSSR count). The van der Waals surface area contributed by atoms with Gasteiger partial charge in [-0.3, -0.25) is 4.79 Å². The molecule has 0 saturated carbocycles. The zero-order chi connectivity index (χ0) is 13.0. The van der Waals surface area contributed by atoms with Crippen molar-refractivity contribution in [2.45, 2.75) is 44.6 Å². The van der Waals surface area contributed by atoms with Crippen molar-refractivity contribution >= 4 is 11.9 Å². The predicted molar refractivity (Wildman–Crippen MR) is 67.2 cm³/mol. The number of nitrogens with one attached hydrogen (secondary N) is 1. The van der Waals surface area contributed by atoms with Gasteiger partial charge in [-0.25, -0.2) is 4.79 Å². The number of carbonyl (C=O) groups is 2. The molecule has 0 aromatic carbocycles. The van der Waals surface area contributed by atoms with Crippen molar-refractivity contribution in [2.75, 3.05) is 19.6 Å². The average molecular weight is 254 g/mol. The summed E-state index contributed by atoms with van der Waals surface area (Å²) in [5.74, 6) is -0.265. The van der Waals surface area contributed by atoms with E-state index in [0.29, 0.717) is 25.3 Å². The Kier molecular flexibility index (Phi) is 4.58. The molecule has 18 heavy (non-hydrogen) atoms. The minimum Gasteiger partial charge on any atom is -0.480 e. The van der Waals surface area contributed by atoms with Crippen molar-refractivity contribution < 1.29 is 14.7 Å². The Morgan fingerprint density at radius 2 is 2.11 bits per heavy atom. The van der Waals surface area contributed by atoms with Gasteiger partial charge in [0.05, 0.1) is 0 Å². The molecule has 5 heteroatoms. The van der Waals surface area contributed by atoms with Crippen LogP contribution in [0, 0.1) is 5.92 Å². The van der Waals surface area contributed by atoms with Crippen LogP contribution in [0.1, 0.15) is 38.5 Å². The van der Waals surface area contributed by atoms with E-state index in [9.17, 15) is 9.59 Å². The van der Waals surface area contributed by atoms with Gasteiger partial charge in [0.1, 0.15) is 6.04 Å². The van der Waals surface area contributed by atoms with E-state index < -0.39 is 12.0 Å². The molecule has 0 bridgehead atoms. The summed E-state index contributed by atoms with van der Waals surface area (Å²) in [7, 11) is 0. The van der Waals surface area contributed by atoms with Gasteiger partial charge in [-0.15, -0.1) is 0 Å². The van der Waals surface area contributed by atoms with Gasteiger partial charge >= 0.3 is 5.97 Å². The molecule has 2 N–H and O–H groups in total. The van der Waals surface area contributed by atoms with E-state index in [1.807, 2.05) is 0 Å². The lowest BCUT2D eigenvalue weighted by Gasteiger charge is -2.25. The quantitative estimate of drug-likeness (QED) is 0.780. The summed E-state index contributed by atoms with van der Waals surface area (Å²) in [6, 6.07) is -0.581. The summed E-state index contributed by atoms with van der Waals surface area (Å²) >= 11 is 0. The van der Waals surface area contributed by atoms with E-state index in [1.165, 1.54) is 12.8 Å². The van der Waals surface area contributed by atoms with Gasteiger partial charge in [-0.2, -0.15) is 0 Å². The Balaban J connectivity index is 1.78. The van der Waals surface area contributed by atoms with Crippen LogP contribution < -0.4 is 5.32 Å². The summed E-state index contributed by atoms with van der Waals surface area (Å²) < 4.78 is 0. The topological polar surface area (TPSA) is 69.6 Å². The fraction of sp³-hybridized carbons (Fsp3) is 0.846. The molecule has 0 aliphatic carbocycles. The standard InChI is InChI=1S/C13H22N2O3/c16-12(6-5-10-3-1-7-14-9-10)15-8-2-4-11(15)13(17)18/h10-11,14H,1-9H2,(H,17,18)/t10?,11-/m0/s1. The van der Waals surface area contributed by atoms with Crippen molar-refractivity contribution in [3.63, 3.8) is 0 Å². The number of carbonyl (C=O) groups excluding carboxylic acids is 1. The molecule has 2 fully saturated rings. The Morgan fingerprint density at radius 3 is 2.78 bits per heavy atom. The van der Waals surface area contributed by atoms with Crippen LogP contribution in [0.4, 0.5) is 0 Å². The second kappa shape index (κ2) is 6.18. The summed E-state index contributed by atoms with van der Waals surface area (Å²) in [6.07, 6.45) is 5.16. The molecular weight excluding hydrogens is 232 g/mol. The van der Waals surface area contributed by atoms with Gasteiger partial charge in [-0.1, -0.05) is 0 Å². The van der Waals surface area contributed by atoms with Crippen molar-refractivity contribution in [2.24, 2.45) is 5.92 Å². The molecule has 0 spiro atoms. The minimum atomic E-state index is -0.861. The van der Waals surface area contributed by atoms with Crippen molar-refractivity contribution in [1.29, 1.82) is 0 Å². The third kappa shape index (κ3) is 3.22. The van der Waals surface area contributed by atoms with E-state index in [4.69, 9.17) is 5.11 Å². The number of carboxylic acid groups (broad SMARTS) is 1. The van der Waals surface area contributed by atoms with Crippen LogP contribution in [-0.2, 0) is 9.59 Å². The maximum absolute atomic E-state index is 12.0. The van der Waals surface area contributed by atoms with Crippen LogP contribution in [0.25, 0.3) is 0 Å². The van der Waals surface area contributed by atoms with Crippen LogP contribution in [-0.4, -0.2) is 47.6 Å². The van der Waals surface area contributed by atoms with Crippen LogP contribution in [0.3, 0.4) is 0 Å². The molecule has 0 aromatic heterocycles. The number of rotatable bonds is 4. The fourth-order valence-corrected chi connectivity index (χ4v) is 2.96. The summed E-state index contributed by atoms with van der Waals surface area (Å²) in [5.41, 5.74) is 0. The third-order valence-electron chi connectivity index (χ3n) is 4.02. The second-order valence-corrected chi connectivity index (χ2v) is 5.33. The van der Waals surface area contributed by atoms with Gasteiger partial charge < -0.3 is 15.3 Å². The average Bonchev–Trinajstić information content (AvgIpc) is 2.86. The summed E-state index contributed by atoms with van der Waals surface area (Å²) in [6.45, 7) is 2.69. The first kappa shape index (κ1) is 13.3. The van der Waals surface area contributed by atoms with Crippen LogP contribution >= 0.6 is 0 Å². The van der Waals surface area contributed by atoms with Crippen molar-refractivity contribution in [3.05, 3.63) is 0 Å². The maximum atomic E-state index is 12.0.